The van der Waals surface area contributed by atoms with Crippen molar-refractivity contribution in [3.63, 3.8) is 0 Å². The van der Waals surface area contributed by atoms with Gasteiger partial charge in [0.25, 0.3) is 11.2 Å². The summed E-state index contributed by atoms with van der Waals surface area (Å²) < 4.78 is 107. The molecule has 0 bridgehead atoms. The molecule has 2 aromatic carbocycles. The number of alkyl halides is 6. The Bertz CT molecular complexity index is 1310. The second-order valence-electron chi connectivity index (χ2n) is 8.35. The van der Waals surface area contributed by atoms with Gasteiger partial charge < -0.3 is 19.1 Å². The Morgan fingerprint density at radius 1 is 1.03 bits per heavy atom. The molecule has 1 aromatic heterocycles. The fraction of sp³-hybridized carbons (Fsp3) is 0.435. The maximum absolute atomic E-state index is 14.7. The van der Waals surface area contributed by atoms with Crippen molar-refractivity contribution < 1.29 is 45.3 Å². The standard InChI is InChI=1S/C23H20F7NO4/c1-2-3-6-31-18-5-4-12(21(33,22(25,26)27)23(28,29)30)7-15(18)14-9-19(35-13-10-34-11-13)17(24)8-16(14)20(31)32/h4-5,7-9,13,33H,2-3,6,10-11H2,1H3. The van der Waals surface area contributed by atoms with Crippen molar-refractivity contribution >= 4 is 21.7 Å². The number of ether oxygens (including phenoxy) is 2. The van der Waals surface area contributed by atoms with Crippen LogP contribution in [0.25, 0.3) is 21.7 Å². The highest BCUT2D eigenvalue weighted by atomic mass is 19.4. The molecule has 0 amide bonds. The van der Waals surface area contributed by atoms with E-state index in [0.29, 0.717) is 25.0 Å². The molecule has 1 aliphatic heterocycles. The quantitative estimate of drug-likeness (QED) is 0.369. The fourth-order valence-corrected chi connectivity index (χ4v) is 4.00. The highest BCUT2D eigenvalue weighted by molar-refractivity contribution is 6.06. The van der Waals surface area contributed by atoms with Gasteiger partial charge in [-0.05, 0) is 30.7 Å². The summed E-state index contributed by atoms with van der Waals surface area (Å²) in [7, 11) is 0. The molecule has 0 atom stereocenters. The number of benzene rings is 2. The van der Waals surface area contributed by atoms with Gasteiger partial charge in [-0.25, -0.2) is 4.39 Å². The molecule has 1 fully saturated rings. The summed E-state index contributed by atoms with van der Waals surface area (Å²) in [6.45, 7) is 2.27. The lowest BCUT2D eigenvalue weighted by Gasteiger charge is -2.33. The van der Waals surface area contributed by atoms with Gasteiger partial charge in [-0.15, -0.1) is 0 Å². The molecule has 2 heterocycles. The van der Waals surface area contributed by atoms with E-state index in [1.165, 1.54) is 4.57 Å². The number of rotatable bonds is 6. The van der Waals surface area contributed by atoms with Crippen molar-refractivity contribution in [1.29, 1.82) is 0 Å². The zero-order valence-corrected chi connectivity index (χ0v) is 18.3. The van der Waals surface area contributed by atoms with E-state index in [2.05, 4.69) is 0 Å². The van der Waals surface area contributed by atoms with Crippen LogP contribution in [0.3, 0.4) is 0 Å². The minimum atomic E-state index is -6.09. The highest BCUT2D eigenvalue weighted by Crippen LogP contribution is 2.50. The van der Waals surface area contributed by atoms with Crippen LogP contribution in [0.4, 0.5) is 30.7 Å². The van der Waals surface area contributed by atoms with E-state index in [-0.39, 0.29) is 47.2 Å². The van der Waals surface area contributed by atoms with E-state index < -0.39 is 41.0 Å². The average Bonchev–Trinajstić information content (AvgIpc) is 2.74. The molecule has 0 saturated carbocycles. The summed E-state index contributed by atoms with van der Waals surface area (Å²) in [6, 6.07) is 3.87. The van der Waals surface area contributed by atoms with E-state index in [4.69, 9.17) is 9.47 Å². The third-order valence-electron chi connectivity index (χ3n) is 6.00. The maximum atomic E-state index is 14.7. The van der Waals surface area contributed by atoms with Crippen molar-refractivity contribution in [2.45, 2.75) is 50.4 Å². The zero-order valence-electron chi connectivity index (χ0n) is 18.3. The number of pyridine rings is 1. The Morgan fingerprint density at radius 2 is 1.69 bits per heavy atom. The van der Waals surface area contributed by atoms with Crippen LogP contribution in [0.2, 0.25) is 0 Å². The maximum Gasteiger partial charge on any atom is 0.430 e. The van der Waals surface area contributed by atoms with Gasteiger partial charge in [-0.1, -0.05) is 19.4 Å². The molecule has 1 saturated heterocycles. The molecule has 35 heavy (non-hydrogen) atoms. The predicted octanol–water partition coefficient (Wildman–Crippen LogP) is 5.18. The number of aryl methyl sites for hydroxylation is 1. The smallest absolute Gasteiger partial charge is 0.430 e. The van der Waals surface area contributed by atoms with E-state index in [0.717, 1.165) is 18.2 Å². The average molecular weight is 507 g/mol. The lowest BCUT2D eigenvalue weighted by Crippen LogP contribution is -2.53. The fourth-order valence-electron chi connectivity index (χ4n) is 4.00. The van der Waals surface area contributed by atoms with Crippen LogP contribution in [0, 0.1) is 5.82 Å². The molecule has 1 N–H and O–H groups in total. The first-order valence-electron chi connectivity index (χ1n) is 10.7. The molecule has 0 aliphatic carbocycles. The molecular weight excluding hydrogens is 487 g/mol. The Kier molecular flexibility index (Phi) is 6.25. The van der Waals surface area contributed by atoms with Gasteiger partial charge in [0, 0.05) is 22.9 Å². The lowest BCUT2D eigenvalue weighted by molar-refractivity contribution is -0.376. The summed E-state index contributed by atoms with van der Waals surface area (Å²) in [5.41, 5.74) is -7.26. The Morgan fingerprint density at radius 3 is 2.23 bits per heavy atom. The summed E-state index contributed by atoms with van der Waals surface area (Å²) >= 11 is 0. The normalized spacial score (nSPS) is 15.6. The van der Waals surface area contributed by atoms with Crippen LogP contribution in [0.15, 0.2) is 35.1 Å². The molecule has 12 heteroatoms. The summed E-state index contributed by atoms with van der Waals surface area (Å²) in [5.74, 6) is -1.24. The summed E-state index contributed by atoms with van der Waals surface area (Å²) in [4.78, 5) is 13.1. The first kappa shape index (κ1) is 25.2. The number of hydrogen-bond acceptors (Lipinski definition) is 4. The van der Waals surface area contributed by atoms with Crippen LogP contribution in [0.1, 0.15) is 25.3 Å². The lowest BCUT2D eigenvalue weighted by atomic mass is 9.90. The molecule has 190 valence electrons. The zero-order chi connectivity index (χ0) is 25.8. The molecule has 0 radical (unpaired) electrons. The monoisotopic (exact) mass is 507 g/mol. The Labute approximate surface area is 193 Å². The van der Waals surface area contributed by atoms with E-state index >= 15 is 0 Å². The van der Waals surface area contributed by atoms with E-state index in [1.807, 2.05) is 6.92 Å². The van der Waals surface area contributed by atoms with Gasteiger partial charge in [0.1, 0.15) is 6.10 Å². The van der Waals surface area contributed by atoms with Crippen molar-refractivity contribution in [3.05, 3.63) is 52.1 Å². The minimum Gasteiger partial charge on any atom is -0.483 e. The van der Waals surface area contributed by atoms with Crippen molar-refractivity contribution in [2.24, 2.45) is 0 Å². The Balaban J connectivity index is 2.06. The van der Waals surface area contributed by atoms with Crippen molar-refractivity contribution in [2.75, 3.05) is 13.2 Å². The summed E-state index contributed by atoms with van der Waals surface area (Å²) in [6.07, 6.45) is -11.6. The first-order chi connectivity index (χ1) is 16.3. The third-order valence-corrected chi connectivity index (χ3v) is 6.00. The van der Waals surface area contributed by atoms with E-state index in [9.17, 15) is 40.6 Å². The third kappa shape index (κ3) is 4.12. The Hall–Kier alpha value is -2.86. The number of hydrogen-bond donors (Lipinski definition) is 1. The molecule has 0 spiro atoms. The van der Waals surface area contributed by atoms with Crippen LogP contribution in [0.5, 0.6) is 5.75 Å². The minimum absolute atomic E-state index is 0.0379. The second kappa shape index (κ2) is 8.66. The molecular formula is C23H20F7NO4. The van der Waals surface area contributed by atoms with Crippen LogP contribution in [-0.4, -0.2) is 41.3 Å². The number of halogens is 7. The number of nitrogens with zero attached hydrogens (tertiary/aromatic N) is 1. The predicted molar refractivity (Wildman–Crippen MR) is 112 cm³/mol. The molecule has 3 aromatic rings. The van der Waals surface area contributed by atoms with Gasteiger partial charge in [0.05, 0.1) is 24.1 Å². The second-order valence-corrected chi connectivity index (χ2v) is 8.35. The molecule has 1 aliphatic rings. The SMILES string of the molecule is CCCCn1c(=O)c2cc(F)c(OC3COC3)cc2c2cc(C(O)(C(F)(F)F)C(F)(F)F)ccc21. The summed E-state index contributed by atoms with van der Waals surface area (Å²) in [5, 5.41) is 9.34. The van der Waals surface area contributed by atoms with Crippen molar-refractivity contribution in [3.8, 4) is 5.75 Å². The molecule has 0 unspecified atom stereocenters. The van der Waals surface area contributed by atoms with Crippen LogP contribution in [-0.2, 0) is 16.9 Å². The number of fused-ring (bicyclic) bond motifs is 3. The van der Waals surface area contributed by atoms with Gasteiger partial charge >= 0.3 is 12.4 Å². The van der Waals surface area contributed by atoms with Gasteiger partial charge in [0.2, 0.25) is 0 Å². The van der Waals surface area contributed by atoms with Gasteiger partial charge in [0.15, 0.2) is 11.6 Å². The number of aliphatic hydroxyl groups is 1. The first-order valence-corrected chi connectivity index (χ1v) is 10.7. The van der Waals surface area contributed by atoms with Gasteiger partial charge in [-0.3, -0.25) is 4.79 Å². The largest absolute Gasteiger partial charge is 0.483 e. The number of aromatic nitrogens is 1. The molecule has 4 rings (SSSR count). The topological polar surface area (TPSA) is 60.7 Å². The highest BCUT2D eigenvalue weighted by Gasteiger charge is 2.71. The van der Waals surface area contributed by atoms with Crippen LogP contribution < -0.4 is 10.3 Å². The molecule has 5 nitrogen and oxygen atoms in total. The van der Waals surface area contributed by atoms with Crippen molar-refractivity contribution in [1.82, 2.24) is 4.57 Å². The van der Waals surface area contributed by atoms with E-state index in [1.54, 1.807) is 0 Å². The van der Waals surface area contributed by atoms with Gasteiger partial charge in [-0.2, -0.15) is 26.3 Å². The number of unbranched alkanes of at least 4 members (excludes halogenated alkanes) is 1. The van der Waals surface area contributed by atoms with Crippen LogP contribution >= 0.6 is 0 Å².